The zero-order valence-corrected chi connectivity index (χ0v) is 20.0. The standard InChI is InChI=1S/C26H24FN3O5S/c27-21-11-7-10-20(18-21)25(32)29-14-16-30(17-15-29)26(33)24(28-23(31)19-8-3-1-4-9-19)36(34,35)22-12-5-2-6-13-22/h1-13,18,24H,14-17H2,(H,28,31)/t24-/m0/s1. The van der Waals surface area contributed by atoms with Crippen molar-refractivity contribution in [1.29, 1.82) is 0 Å². The summed E-state index contributed by atoms with van der Waals surface area (Å²) >= 11 is 0. The number of halogens is 1. The number of benzene rings is 3. The SMILES string of the molecule is O=C(N[C@H](C(=O)N1CCN(C(=O)c2cccc(F)c2)CC1)S(=O)(=O)c1ccccc1)c1ccccc1. The summed E-state index contributed by atoms with van der Waals surface area (Å²) in [5, 5.41) is 0.546. The number of piperazine rings is 1. The maximum atomic E-state index is 13.5. The second kappa shape index (κ2) is 10.7. The second-order valence-corrected chi connectivity index (χ2v) is 10.2. The number of hydrogen-bond donors (Lipinski definition) is 1. The normalized spacial score (nSPS) is 14.7. The summed E-state index contributed by atoms with van der Waals surface area (Å²) in [6, 6.07) is 20.8. The first-order chi connectivity index (χ1) is 17.3. The van der Waals surface area contributed by atoms with Crippen LogP contribution < -0.4 is 5.32 Å². The second-order valence-electron chi connectivity index (χ2n) is 8.21. The fraction of sp³-hybridized carbons (Fsp3) is 0.192. The third kappa shape index (κ3) is 5.44. The van der Waals surface area contributed by atoms with Gasteiger partial charge in [-0.05, 0) is 42.5 Å². The molecule has 3 aromatic rings. The molecule has 1 aliphatic heterocycles. The molecule has 0 unspecified atom stereocenters. The number of nitrogens with zero attached hydrogens (tertiary/aromatic N) is 2. The summed E-state index contributed by atoms with van der Waals surface area (Å²) in [4.78, 5) is 41.7. The molecule has 1 heterocycles. The van der Waals surface area contributed by atoms with Crippen molar-refractivity contribution in [2.75, 3.05) is 26.2 Å². The number of rotatable bonds is 6. The summed E-state index contributed by atoms with van der Waals surface area (Å²) in [6.45, 7) is 0.376. The average Bonchev–Trinajstić information content (AvgIpc) is 2.91. The Morgan fingerprint density at radius 1 is 0.750 bits per heavy atom. The predicted octanol–water partition coefficient (Wildman–Crippen LogP) is 2.34. The lowest BCUT2D eigenvalue weighted by molar-refractivity contribution is -0.132. The Morgan fingerprint density at radius 3 is 1.92 bits per heavy atom. The highest BCUT2D eigenvalue weighted by molar-refractivity contribution is 7.92. The predicted molar refractivity (Wildman–Crippen MR) is 130 cm³/mol. The fourth-order valence-electron chi connectivity index (χ4n) is 3.91. The van der Waals surface area contributed by atoms with E-state index in [9.17, 15) is 27.2 Å². The van der Waals surface area contributed by atoms with Gasteiger partial charge < -0.3 is 15.1 Å². The molecule has 3 amide bonds. The van der Waals surface area contributed by atoms with Gasteiger partial charge in [0.05, 0.1) is 4.90 Å². The molecule has 0 aromatic heterocycles. The minimum Gasteiger partial charge on any atom is -0.336 e. The molecule has 186 valence electrons. The van der Waals surface area contributed by atoms with Crippen LogP contribution in [0, 0.1) is 5.82 Å². The van der Waals surface area contributed by atoms with Crippen molar-refractivity contribution in [3.05, 3.63) is 102 Å². The van der Waals surface area contributed by atoms with E-state index in [-0.39, 0.29) is 48.1 Å². The third-order valence-electron chi connectivity index (χ3n) is 5.85. The quantitative estimate of drug-likeness (QED) is 0.550. The van der Waals surface area contributed by atoms with Gasteiger partial charge in [-0.25, -0.2) is 12.8 Å². The Hall–Kier alpha value is -4.05. The zero-order valence-electron chi connectivity index (χ0n) is 19.2. The Kier molecular flexibility index (Phi) is 7.44. The molecule has 0 aliphatic carbocycles. The molecular weight excluding hydrogens is 485 g/mol. The van der Waals surface area contributed by atoms with Gasteiger partial charge >= 0.3 is 0 Å². The molecule has 10 heteroatoms. The Balaban J connectivity index is 1.53. The minimum absolute atomic E-state index is 0.0574. The van der Waals surface area contributed by atoms with Crippen molar-refractivity contribution in [2.24, 2.45) is 0 Å². The number of carbonyl (C=O) groups excluding carboxylic acids is 3. The van der Waals surface area contributed by atoms with E-state index in [0.717, 1.165) is 6.07 Å². The van der Waals surface area contributed by atoms with Crippen molar-refractivity contribution in [2.45, 2.75) is 10.3 Å². The van der Waals surface area contributed by atoms with Crippen LogP contribution in [0.25, 0.3) is 0 Å². The third-order valence-corrected chi connectivity index (χ3v) is 7.72. The topological polar surface area (TPSA) is 104 Å². The van der Waals surface area contributed by atoms with Crippen molar-refractivity contribution in [3.63, 3.8) is 0 Å². The van der Waals surface area contributed by atoms with E-state index in [1.165, 1.54) is 64.4 Å². The van der Waals surface area contributed by atoms with Crippen molar-refractivity contribution >= 4 is 27.6 Å². The summed E-state index contributed by atoms with van der Waals surface area (Å²) in [7, 11) is -4.28. The number of carbonyl (C=O) groups is 3. The van der Waals surface area contributed by atoms with Crippen LogP contribution in [0.2, 0.25) is 0 Å². The number of sulfone groups is 1. The Bertz CT molecular complexity index is 1360. The largest absolute Gasteiger partial charge is 0.336 e. The van der Waals surface area contributed by atoms with Crippen LogP contribution in [0.5, 0.6) is 0 Å². The first-order valence-corrected chi connectivity index (χ1v) is 12.8. The number of amides is 3. The molecule has 1 saturated heterocycles. The Labute approximate surface area is 208 Å². The summed E-state index contributed by atoms with van der Waals surface area (Å²) in [6.07, 6.45) is 0. The van der Waals surface area contributed by atoms with Crippen LogP contribution in [0.15, 0.2) is 89.8 Å². The average molecular weight is 510 g/mol. The number of hydrogen-bond acceptors (Lipinski definition) is 5. The molecule has 0 saturated carbocycles. The van der Waals surface area contributed by atoms with E-state index in [2.05, 4.69) is 5.32 Å². The molecule has 1 N–H and O–H groups in total. The van der Waals surface area contributed by atoms with E-state index in [1.54, 1.807) is 24.3 Å². The number of nitrogens with one attached hydrogen (secondary N) is 1. The molecule has 1 atom stereocenters. The lowest BCUT2D eigenvalue weighted by Gasteiger charge is -2.36. The van der Waals surface area contributed by atoms with Gasteiger partial charge in [-0.3, -0.25) is 14.4 Å². The van der Waals surface area contributed by atoms with Gasteiger partial charge in [0.15, 0.2) is 0 Å². The maximum Gasteiger partial charge on any atom is 0.261 e. The van der Waals surface area contributed by atoms with E-state index < -0.39 is 32.8 Å². The minimum atomic E-state index is -4.28. The van der Waals surface area contributed by atoms with Crippen LogP contribution in [0.3, 0.4) is 0 Å². The molecule has 3 aromatic carbocycles. The van der Waals surface area contributed by atoms with Crippen molar-refractivity contribution < 1.29 is 27.2 Å². The summed E-state index contributed by atoms with van der Waals surface area (Å²) < 4.78 is 40.3. The zero-order chi connectivity index (χ0) is 25.7. The van der Waals surface area contributed by atoms with Crippen LogP contribution in [0.1, 0.15) is 20.7 Å². The monoisotopic (exact) mass is 509 g/mol. The molecular formula is C26H24FN3O5S. The lowest BCUT2D eigenvalue weighted by Crippen LogP contribution is -2.57. The van der Waals surface area contributed by atoms with Crippen LogP contribution in [-0.2, 0) is 14.6 Å². The molecule has 0 bridgehead atoms. The lowest BCUT2D eigenvalue weighted by atomic mass is 10.1. The molecule has 4 rings (SSSR count). The van der Waals surface area contributed by atoms with Crippen molar-refractivity contribution in [1.82, 2.24) is 15.1 Å². The first-order valence-electron chi connectivity index (χ1n) is 11.3. The van der Waals surface area contributed by atoms with Gasteiger partial charge in [-0.15, -0.1) is 0 Å². The van der Waals surface area contributed by atoms with Crippen LogP contribution >= 0.6 is 0 Å². The van der Waals surface area contributed by atoms with Gasteiger partial charge in [0.25, 0.3) is 17.7 Å². The van der Waals surface area contributed by atoms with Gasteiger partial charge in [-0.1, -0.05) is 42.5 Å². The highest BCUT2D eigenvalue weighted by Crippen LogP contribution is 2.19. The highest BCUT2D eigenvalue weighted by atomic mass is 32.2. The van der Waals surface area contributed by atoms with Crippen LogP contribution in [0.4, 0.5) is 4.39 Å². The molecule has 8 nitrogen and oxygen atoms in total. The summed E-state index contributed by atoms with van der Waals surface area (Å²) in [5.41, 5.74) is 0.401. The molecule has 1 aliphatic rings. The Morgan fingerprint density at radius 2 is 1.31 bits per heavy atom. The van der Waals surface area contributed by atoms with Crippen molar-refractivity contribution in [3.8, 4) is 0 Å². The van der Waals surface area contributed by atoms with E-state index >= 15 is 0 Å². The van der Waals surface area contributed by atoms with Gasteiger partial charge in [0, 0.05) is 37.3 Å². The van der Waals surface area contributed by atoms with Gasteiger partial charge in [0.1, 0.15) is 5.82 Å². The smallest absolute Gasteiger partial charge is 0.261 e. The van der Waals surface area contributed by atoms with E-state index in [0.29, 0.717) is 0 Å². The van der Waals surface area contributed by atoms with E-state index in [4.69, 9.17) is 0 Å². The van der Waals surface area contributed by atoms with Crippen LogP contribution in [-0.4, -0.2) is 67.5 Å². The van der Waals surface area contributed by atoms with Gasteiger partial charge in [-0.2, -0.15) is 0 Å². The molecule has 0 radical (unpaired) electrons. The fourth-order valence-corrected chi connectivity index (χ4v) is 5.40. The molecule has 0 spiro atoms. The summed E-state index contributed by atoms with van der Waals surface area (Å²) in [5.74, 6) is -2.40. The molecule has 36 heavy (non-hydrogen) atoms. The van der Waals surface area contributed by atoms with Gasteiger partial charge in [0.2, 0.25) is 15.2 Å². The highest BCUT2D eigenvalue weighted by Gasteiger charge is 2.39. The molecule has 1 fully saturated rings. The van der Waals surface area contributed by atoms with E-state index in [1.807, 2.05) is 0 Å². The maximum absolute atomic E-state index is 13.5. The first kappa shape index (κ1) is 25.1.